The molecule has 3 heterocycles. The number of hydrogen-bond donors (Lipinski definition) is 0. The molecular weight excluding hydrogens is 380 g/mol. The minimum absolute atomic E-state index is 0.0341. The van der Waals surface area contributed by atoms with Gasteiger partial charge in [-0.15, -0.1) is 11.3 Å². The van der Waals surface area contributed by atoms with E-state index in [1.165, 1.54) is 11.3 Å². The fraction of sp³-hybridized carbons (Fsp3) is 0.500. The molecule has 2 fully saturated rings. The highest BCUT2D eigenvalue weighted by molar-refractivity contribution is 7.07. The van der Waals surface area contributed by atoms with Gasteiger partial charge in [-0.25, -0.2) is 4.98 Å². The second kappa shape index (κ2) is 8.89. The molecule has 2 aliphatic heterocycles. The Balaban J connectivity index is 1.49. The second-order valence-corrected chi connectivity index (χ2v) is 7.52. The molecule has 1 aromatic carbocycles. The molecule has 1 atom stereocenters. The molecule has 0 radical (unpaired) electrons. The predicted molar refractivity (Wildman–Crippen MR) is 104 cm³/mol. The van der Waals surface area contributed by atoms with Gasteiger partial charge in [-0.3, -0.25) is 4.79 Å². The van der Waals surface area contributed by atoms with Crippen molar-refractivity contribution in [2.45, 2.75) is 38.2 Å². The summed E-state index contributed by atoms with van der Waals surface area (Å²) in [6, 6.07) is 5.25. The summed E-state index contributed by atoms with van der Waals surface area (Å²) in [5, 5.41) is 1.94. The van der Waals surface area contributed by atoms with Crippen LogP contribution in [-0.4, -0.2) is 55.0 Å². The first-order valence-electron chi connectivity index (χ1n) is 9.48. The number of aromatic nitrogens is 1. The highest BCUT2D eigenvalue weighted by atomic mass is 32.1. The molecule has 150 valence electrons. The van der Waals surface area contributed by atoms with Gasteiger partial charge in [0.25, 0.3) is 5.91 Å². The van der Waals surface area contributed by atoms with Gasteiger partial charge in [0.05, 0.1) is 37.6 Å². The van der Waals surface area contributed by atoms with Gasteiger partial charge in [0.2, 0.25) is 0 Å². The summed E-state index contributed by atoms with van der Waals surface area (Å²) >= 11 is 1.52. The van der Waals surface area contributed by atoms with Crippen LogP contribution in [0.5, 0.6) is 11.5 Å². The van der Waals surface area contributed by atoms with Crippen LogP contribution in [0.3, 0.4) is 0 Å². The quantitative estimate of drug-likeness (QED) is 0.737. The number of piperidine rings is 1. The maximum Gasteiger partial charge on any atom is 0.254 e. The van der Waals surface area contributed by atoms with E-state index in [1.807, 2.05) is 10.3 Å². The van der Waals surface area contributed by atoms with Crippen molar-refractivity contribution in [3.63, 3.8) is 0 Å². The number of methoxy groups -OCH3 is 1. The number of rotatable bonds is 6. The molecule has 2 aliphatic rings. The standard InChI is InChI=1S/C20H24N2O5S/c1-24-18-10-14(5-6-17(18)27-11-15-12-28-13-21-15)19(23)22-7-3-2-4-16(22)20-25-8-9-26-20/h5-6,10,12-13,16,20H,2-4,7-9,11H2,1H3. The molecule has 28 heavy (non-hydrogen) atoms. The normalized spacial score (nSPS) is 20.3. The summed E-state index contributed by atoms with van der Waals surface area (Å²) in [5.41, 5.74) is 3.20. The maximum absolute atomic E-state index is 13.2. The zero-order chi connectivity index (χ0) is 19.3. The van der Waals surface area contributed by atoms with Gasteiger partial charge in [0.1, 0.15) is 6.61 Å². The molecule has 2 saturated heterocycles. The lowest BCUT2D eigenvalue weighted by Crippen LogP contribution is -2.50. The zero-order valence-electron chi connectivity index (χ0n) is 15.8. The average Bonchev–Trinajstić information content (AvgIpc) is 3.45. The van der Waals surface area contributed by atoms with Gasteiger partial charge in [-0.1, -0.05) is 0 Å². The Morgan fingerprint density at radius 3 is 2.89 bits per heavy atom. The van der Waals surface area contributed by atoms with Crippen molar-refractivity contribution < 1.29 is 23.7 Å². The van der Waals surface area contributed by atoms with Crippen LogP contribution < -0.4 is 9.47 Å². The summed E-state index contributed by atoms with van der Waals surface area (Å²) in [6.45, 7) is 2.24. The van der Waals surface area contributed by atoms with Crippen LogP contribution in [0.2, 0.25) is 0 Å². The number of carbonyl (C=O) groups excluding carboxylic acids is 1. The number of benzene rings is 1. The lowest BCUT2D eigenvalue weighted by molar-refractivity contribution is -0.100. The summed E-state index contributed by atoms with van der Waals surface area (Å²) < 4.78 is 22.6. The van der Waals surface area contributed by atoms with Crippen LogP contribution in [0.4, 0.5) is 0 Å². The van der Waals surface area contributed by atoms with Crippen molar-refractivity contribution in [3.8, 4) is 11.5 Å². The molecule has 0 N–H and O–H groups in total. The van der Waals surface area contributed by atoms with E-state index in [0.29, 0.717) is 43.4 Å². The van der Waals surface area contributed by atoms with E-state index in [0.717, 1.165) is 25.0 Å². The van der Waals surface area contributed by atoms with Crippen LogP contribution in [-0.2, 0) is 16.1 Å². The Morgan fingerprint density at radius 2 is 2.14 bits per heavy atom. The highest BCUT2D eigenvalue weighted by Crippen LogP contribution is 2.31. The van der Waals surface area contributed by atoms with E-state index in [9.17, 15) is 4.79 Å². The molecule has 8 heteroatoms. The number of nitrogens with zero attached hydrogens (tertiary/aromatic N) is 2. The Morgan fingerprint density at radius 1 is 1.29 bits per heavy atom. The minimum Gasteiger partial charge on any atom is -0.493 e. The van der Waals surface area contributed by atoms with E-state index in [-0.39, 0.29) is 18.2 Å². The van der Waals surface area contributed by atoms with Crippen molar-refractivity contribution in [2.24, 2.45) is 0 Å². The monoisotopic (exact) mass is 404 g/mol. The van der Waals surface area contributed by atoms with E-state index >= 15 is 0 Å². The number of thiazole rings is 1. The smallest absolute Gasteiger partial charge is 0.254 e. The Kier molecular flexibility index (Phi) is 6.09. The maximum atomic E-state index is 13.2. The van der Waals surface area contributed by atoms with E-state index < -0.39 is 0 Å². The molecule has 7 nitrogen and oxygen atoms in total. The number of ether oxygens (including phenoxy) is 4. The lowest BCUT2D eigenvalue weighted by Gasteiger charge is -2.38. The van der Waals surface area contributed by atoms with Crippen molar-refractivity contribution in [1.82, 2.24) is 9.88 Å². The molecule has 1 aromatic heterocycles. The van der Waals surface area contributed by atoms with Crippen molar-refractivity contribution in [2.75, 3.05) is 26.9 Å². The third-order valence-corrected chi connectivity index (χ3v) is 5.68. The van der Waals surface area contributed by atoms with E-state index in [1.54, 1.807) is 30.8 Å². The SMILES string of the molecule is COc1cc(C(=O)N2CCCCC2C2OCCO2)ccc1OCc1cscn1. The first kappa shape index (κ1) is 19.2. The lowest BCUT2D eigenvalue weighted by atomic mass is 10.00. The summed E-state index contributed by atoms with van der Waals surface area (Å²) in [7, 11) is 1.57. The first-order chi connectivity index (χ1) is 13.8. The molecular formula is C20H24N2O5S. The van der Waals surface area contributed by atoms with Crippen LogP contribution >= 0.6 is 11.3 Å². The fourth-order valence-corrected chi connectivity index (χ4v) is 4.18. The zero-order valence-corrected chi connectivity index (χ0v) is 16.7. The largest absolute Gasteiger partial charge is 0.493 e. The number of likely N-dealkylation sites (tertiary alicyclic amines) is 1. The van der Waals surface area contributed by atoms with Gasteiger partial charge in [0.15, 0.2) is 17.8 Å². The Hall–Kier alpha value is -2.16. The molecule has 1 amide bonds. The summed E-state index contributed by atoms with van der Waals surface area (Å²) in [4.78, 5) is 19.3. The van der Waals surface area contributed by atoms with Gasteiger partial charge in [-0.2, -0.15) is 0 Å². The van der Waals surface area contributed by atoms with Gasteiger partial charge in [-0.05, 0) is 37.5 Å². The fourth-order valence-electron chi connectivity index (χ4n) is 3.64. The minimum atomic E-state index is -0.327. The van der Waals surface area contributed by atoms with Crippen LogP contribution in [0.25, 0.3) is 0 Å². The van der Waals surface area contributed by atoms with E-state index in [2.05, 4.69) is 4.98 Å². The second-order valence-electron chi connectivity index (χ2n) is 6.81. The van der Waals surface area contributed by atoms with Gasteiger partial charge in [0, 0.05) is 17.5 Å². The summed E-state index contributed by atoms with van der Waals surface area (Å²) in [6.07, 6.45) is 2.63. The van der Waals surface area contributed by atoms with Crippen molar-refractivity contribution in [3.05, 3.63) is 40.3 Å². The molecule has 0 spiro atoms. The third kappa shape index (κ3) is 4.14. The van der Waals surface area contributed by atoms with Crippen LogP contribution in [0.15, 0.2) is 29.1 Å². The van der Waals surface area contributed by atoms with Gasteiger partial charge < -0.3 is 23.8 Å². The van der Waals surface area contributed by atoms with Gasteiger partial charge >= 0.3 is 0 Å². The Labute approximate surface area is 168 Å². The molecule has 2 aromatic rings. The van der Waals surface area contributed by atoms with Crippen molar-refractivity contribution >= 4 is 17.2 Å². The molecule has 1 unspecified atom stereocenters. The number of amides is 1. The molecule has 0 bridgehead atoms. The summed E-state index contributed by atoms with van der Waals surface area (Å²) in [5.74, 6) is 1.08. The van der Waals surface area contributed by atoms with Crippen LogP contribution in [0, 0.1) is 0 Å². The van der Waals surface area contributed by atoms with Crippen LogP contribution in [0.1, 0.15) is 35.3 Å². The number of carbonyl (C=O) groups is 1. The average molecular weight is 404 g/mol. The molecule has 4 rings (SSSR count). The molecule has 0 aliphatic carbocycles. The number of hydrogen-bond acceptors (Lipinski definition) is 7. The first-order valence-corrected chi connectivity index (χ1v) is 10.4. The Bertz CT molecular complexity index is 792. The molecule has 0 saturated carbocycles. The third-order valence-electron chi connectivity index (χ3n) is 5.04. The van der Waals surface area contributed by atoms with Crippen molar-refractivity contribution in [1.29, 1.82) is 0 Å². The topological polar surface area (TPSA) is 70.1 Å². The van der Waals surface area contributed by atoms with E-state index in [4.69, 9.17) is 18.9 Å². The highest BCUT2D eigenvalue weighted by Gasteiger charge is 2.36. The predicted octanol–water partition coefficient (Wildman–Crippen LogP) is 3.10.